The van der Waals surface area contributed by atoms with Crippen LogP contribution in [0.5, 0.6) is 0 Å². The van der Waals surface area contributed by atoms with E-state index in [2.05, 4.69) is 15.6 Å². The Balaban J connectivity index is 1.66. The molecule has 10 heteroatoms. The van der Waals surface area contributed by atoms with Crippen LogP contribution < -0.4 is 10.6 Å². The standard InChI is InChI=1S/C20H27N5O4S/c1-14(2)24-12-19(21-13-24)30(28,29)25-10-4-5-16(11-25)20(27)23-18-8-6-17(7-9-18)22-15(3)26/h6-9,12-14,16H,4-5,10-11H2,1-3H3,(H,22,26)(H,23,27)/t16-/m0/s1. The fourth-order valence-electron chi connectivity index (χ4n) is 3.32. The molecule has 0 spiro atoms. The summed E-state index contributed by atoms with van der Waals surface area (Å²) in [5.74, 6) is -0.848. The molecule has 1 aromatic heterocycles. The largest absolute Gasteiger partial charge is 0.334 e. The Hall–Kier alpha value is -2.72. The molecule has 0 bridgehead atoms. The molecular weight excluding hydrogens is 406 g/mol. The smallest absolute Gasteiger partial charge is 0.262 e. The molecular formula is C20H27N5O4S. The molecule has 0 unspecified atom stereocenters. The number of piperidine rings is 1. The van der Waals surface area contributed by atoms with Crippen LogP contribution in [-0.4, -0.2) is 47.2 Å². The van der Waals surface area contributed by atoms with Crippen LogP contribution in [-0.2, 0) is 19.6 Å². The van der Waals surface area contributed by atoms with Crippen molar-refractivity contribution in [3.05, 3.63) is 36.8 Å². The van der Waals surface area contributed by atoms with Crippen molar-refractivity contribution in [3.63, 3.8) is 0 Å². The molecule has 0 saturated carbocycles. The van der Waals surface area contributed by atoms with Gasteiger partial charge < -0.3 is 15.2 Å². The van der Waals surface area contributed by atoms with Crippen molar-refractivity contribution in [2.75, 3.05) is 23.7 Å². The van der Waals surface area contributed by atoms with Crippen LogP contribution >= 0.6 is 0 Å². The van der Waals surface area contributed by atoms with Gasteiger partial charge in [0.05, 0.1) is 12.2 Å². The minimum atomic E-state index is -3.75. The number of nitrogens with one attached hydrogen (secondary N) is 2. The molecule has 30 heavy (non-hydrogen) atoms. The van der Waals surface area contributed by atoms with Gasteiger partial charge in [-0.05, 0) is 51.0 Å². The van der Waals surface area contributed by atoms with Crippen LogP contribution in [0.3, 0.4) is 0 Å². The Kier molecular flexibility index (Phi) is 6.57. The van der Waals surface area contributed by atoms with Gasteiger partial charge in [0.1, 0.15) is 0 Å². The third-order valence-electron chi connectivity index (χ3n) is 5.01. The molecule has 1 saturated heterocycles. The molecule has 1 aliphatic rings. The van der Waals surface area contributed by atoms with E-state index >= 15 is 0 Å². The van der Waals surface area contributed by atoms with Gasteiger partial charge in [-0.1, -0.05) is 0 Å². The number of imidazole rings is 1. The minimum absolute atomic E-state index is 0.00539. The SMILES string of the molecule is CC(=O)Nc1ccc(NC(=O)[C@H]2CCCN(S(=O)(=O)c3cn(C(C)C)cn3)C2)cc1. The van der Waals surface area contributed by atoms with Crippen molar-refractivity contribution in [1.82, 2.24) is 13.9 Å². The number of hydrogen-bond acceptors (Lipinski definition) is 5. The Bertz CT molecular complexity index is 1010. The highest BCUT2D eigenvalue weighted by atomic mass is 32.2. The van der Waals surface area contributed by atoms with Crippen molar-refractivity contribution in [1.29, 1.82) is 0 Å². The normalized spacial score (nSPS) is 17.7. The average Bonchev–Trinajstić information content (AvgIpc) is 3.21. The van der Waals surface area contributed by atoms with Gasteiger partial charge in [0.2, 0.25) is 11.8 Å². The molecule has 2 aromatic rings. The highest BCUT2D eigenvalue weighted by Gasteiger charge is 2.34. The van der Waals surface area contributed by atoms with Crippen molar-refractivity contribution in [2.45, 2.75) is 44.7 Å². The van der Waals surface area contributed by atoms with Gasteiger partial charge in [0, 0.05) is 43.6 Å². The van der Waals surface area contributed by atoms with Crippen LogP contribution in [0.4, 0.5) is 11.4 Å². The van der Waals surface area contributed by atoms with E-state index in [9.17, 15) is 18.0 Å². The first kappa shape index (κ1) is 22.0. The summed E-state index contributed by atoms with van der Waals surface area (Å²) in [5, 5.41) is 5.50. The van der Waals surface area contributed by atoms with Gasteiger partial charge in [0.25, 0.3) is 10.0 Å². The Labute approximate surface area is 176 Å². The summed E-state index contributed by atoms with van der Waals surface area (Å²) in [4.78, 5) is 27.9. The van der Waals surface area contributed by atoms with E-state index < -0.39 is 15.9 Å². The van der Waals surface area contributed by atoms with Crippen LogP contribution in [0.25, 0.3) is 0 Å². The number of sulfonamides is 1. The third-order valence-corrected chi connectivity index (χ3v) is 6.76. The number of carbonyl (C=O) groups excluding carboxylic acids is 2. The molecule has 2 heterocycles. The lowest BCUT2D eigenvalue weighted by Crippen LogP contribution is -2.43. The second-order valence-corrected chi connectivity index (χ2v) is 9.59. The molecule has 1 atom stereocenters. The maximum atomic E-state index is 13.0. The summed E-state index contributed by atoms with van der Waals surface area (Å²) in [7, 11) is -3.75. The fourth-order valence-corrected chi connectivity index (χ4v) is 4.77. The molecule has 3 rings (SSSR count). The zero-order valence-corrected chi connectivity index (χ0v) is 18.1. The number of rotatable bonds is 6. The predicted octanol–water partition coefficient (Wildman–Crippen LogP) is 2.46. The quantitative estimate of drug-likeness (QED) is 0.726. The maximum absolute atomic E-state index is 13.0. The second-order valence-electron chi connectivity index (χ2n) is 7.70. The van der Waals surface area contributed by atoms with E-state index in [1.165, 1.54) is 23.8 Å². The van der Waals surface area contributed by atoms with Gasteiger partial charge in [-0.2, -0.15) is 4.31 Å². The molecule has 162 valence electrons. The van der Waals surface area contributed by atoms with Gasteiger partial charge in [-0.3, -0.25) is 9.59 Å². The Morgan fingerprint density at radius 2 is 1.77 bits per heavy atom. The molecule has 9 nitrogen and oxygen atoms in total. The lowest BCUT2D eigenvalue weighted by Gasteiger charge is -2.30. The number of carbonyl (C=O) groups is 2. The summed E-state index contributed by atoms with van der Waals surface area (Å²) in [5.41, 5.74) is 1.22. The van der Waals surface area contributed by atoms with Crippen LogP contribution in [0, 0.1) is 5.92 Å². The van der Waals surface area contributed by atoms with E-state index in [1.54, 1.807) is 28.8 Å². The van der Waals surface area contributed by atoms with Gasteiger partial charge in [0.15, 0.2) is 5.03 Å². The molecule has 0 aliphatic carbocycles. The van der Waals surface area contributed by atoms with E-state index in [0.29, 0.717) is 30.8 Å². The first-order valence-electron chi connectivity index (χ1n) is 9.89. The van der Waals surface area contributed by atoms with Crippen molar-refractivity contribution in [2.24, 2.45) is 5.92 Å². The van der Waals surface area contributed by atoms with Crippen LogP contribution in [0.15, 0.2) is 41.8 Å². The van der Waals surface area contributed by atoms with Crippen LogP contribution in [0.2, 0.25) is 0 Å². The third kappa shape index (κ3) is 5.06. The zero-order valence-electron chi connectivity index (χ0n) is 17.3. The van der Waals surface area contributed by atoms with E-state index in [0.717, 1.165) is 0 Å². The Morgan fingerprint density at radius 3 is 2.33 bits per heavy atom. The molecule has 1 fully saturated rings. The summed E-state index contributed by atoms with van der Waals surface area (Å²) >= 11 is 0. The van der Waals surface area contributed by atoms with E-state index in [4.69, 9.17) is 0 Å². The first-order valence-corrected chi connectivity index (χ1v) is 11.3. The van der Waals surface area contributed by atoms with Gasteiger partial charge in [-0.15, -0.1) is 0 Å². The first-order chi connectivity index (χ1) is 14.2. The Morgan fingerprint density at radius 1 is 1.13 bits per heavy atom. The summed E-state index contributed by atoms with van der Waals surface area (Å²) in [6.45, 7) is 5.80. The lowest BCUT2D eigenvalue weighted by molar-refractivity contribution is -0.121. The maximum Gasteiger partial charge on any atom is 0.262 e. The number of anilines is 2. The van der Waals surface area contributed by atoms with E-state index in [-0.39, 0.29) is 29.4 Å². The molecule has 0 radical (unpaired) electrons. The van der Waals surface area contributed by atoms with Gasteiger partial charge >= 0.3 is 0 Å². The molecule has 1 aliphatic heterocycles. The summed E-state index contributed by atoms with van der Waals surface area (Å²) in [6.07, 6.45) is 4.25. The van der Waals surface area contributed by atoms with Crippen molar-refractivity contribution >= 4 is 33.2 Å². The molecule has 1 aromatic carbocycles. The topological polar surface area (TPSA) is 113 Å². The number of benzene rings is 1. The monoisotopic (exact) mass is 433 g/mol. The molecule has 2 amide bonds. The van der Waals surface area contributed by atoms with Crippen LogP contribution in [0.1, 0.15) is 39.7 Å². The summed E-state index contributed by atoms with van der Waals surface area (Å²) in [6, 6.07) is 6.88. The minimum Gasteiger partial charge on any atom is -0.334 e. The highest BCUT2D eigenvalue weighted by molar-refractivity contribution is 7.89. The number of nitrogens with zero attached hydrogens (tertiary/aromatic N) is 3. The van der Waals surface area contributed by atoms with Crippen molar-refractivity contribution < 1.29 is 18.0 Å². The lowest BCUT2D eigenvalue weighted by atomic mass is 9.98. The fraction of sp³-hybridized carbons (Fsp3) is 0.450. The van der Waals surface area contributed by atoms with Gasteiger partial charge in [-0.25, -0.2) is 13.4 Å². The van der Waals surface area contributed by atoms with E-state index in [1.807, 2.05) is 13.8 Å². The number of amides is 2. The molecule has 2 N–H and O–H groups in total. The predicted molar refractivity (Wildman–Crippen MR) is 113 cm³/mol. The number of aromatic nitrogens is 2. The summed E-state index contributed by atoms with van der Waals surface area (Å²) < 4.78 is 29.0. The average molecular weight is 434 g/mol. The highest BCUT2D eigenvalue weighted by Crippen LogP contribution is 2.25. The zero-order chi connectivity index (χ0) is 21.9. The van der Waals surface area contributed by atoms with Crippen molar-refractivity contribution in [3.8, 4) is 0 Å². The number of hydrogen-bond donors (Lipinski definition) is 2. The second kappa shape index (κ2) is 8.97.